The number of pyridine rings is 1. The minimum atomic E-state index is -0.809. The Morgan fingerprint density at radius 1 is 1.29 bits per heavy atom. The van der Waals surface area contributed by atoms with E-state index in [2.05, 4.69) is 9.72 Å². The molecule has 2 rings (SSSR count). The highest BCUT2D eigenvalue weighted by Gasteiger charge is 2.14. The van der Waals surface area contributed by atoms with Gasteiger partial charge in [0.2, 0.25) is 5.78 Å². The van der Waals surface area contributed by atoms with Crippen LogP contribution >= 0.6 is 0 Å². The number of fused-ring (bicyclic) bond motifs is 1. The molecule has 4 heteroatoms. The van der Waals surface area contributed by atoms with E-state index in [1.807, 2.05) is 24.3 Å². The summed E-state index contributed by atoms with van der Waals surface area (Å²) in [4.78, 5) is 26.6. The molecule has 0 aliphatic carbocycles. The minimum Gasteiger partial charge on any atom is -0.463 e. The molecule has 0 N–H and O–H groups in total. The van der Waals surface area contributed by atoms with Crippen LogP contribution in [0.2, 0.25) is 0 Å². The zero-order chi connectivity index (χ0) is 12.3. The molecule has 86 valence electrons. The number of hydrogen-bond acceptors (Lipinski definition) is 4. The van der Waals surface area contributed by atoms with Crippen molar-refractivity contribution in [3.8, 4) is 0 Å². The van der Waals surface area contributed by atoms with E-state index in [9.17, 15) is 9.59 Å². The first kappa shape index (κ1) is 11.3. The van der Waals surface area contributed by atoms with Crippen molar-refractivity contribution >= 4 is 22.7 Å². The van der Waals surface area contributed by atoms with Gasteiger partial charge in [-0.2, -0.15) is 0 Å². The number of benzene rings is 1. The molecule has 2 aromatic rings. The van der Waals surface area contributed by atoms with Crippen LogP contribution in [0.15, 0.2) is 36.5 Å². The maximum atomic E-state index is 11.4. The normalized spacial score (nSPS) is 10.2. The van der Waals surface area contributed by atoms with E-state index in [-0.39, 0.29) is 6.42 Å². The van der Waals surface area contributed by atoms with Gasteiger partial charge in [-0.25, -0.2) is 4.79 Å². The summed E-state index contributed by atoms with van der Waals surface area (Å²) in [6.45, 7) is 0. The summed E-state index contributed by atoms with van der Waals surface area (Å²) in [7, 11) is 1.20. The zero-order valence-electron chi connectivity index (χ0n) is 9.34. The molecule has 0 saturated carbocycles. The van der Waals surface area contributed by atoms with Gasteiger partial charge in [0.1, 0.15) is 0 Å². The van der Waals surface area contributed by atoms with Crippen molar-refractivity contribution in [2.45, 2.75) is 6.42 Å². The second-order valence-corrected chi connectivity index (χ2v) is 3.62. The lowest BCUT2D eigenvalue weighted by Gasteiger charge is -2.02. The second-order valence-electron chi connectivity index (χ2n) is 3.62. The van der Waals surface area contributed by atoms with Crippen molar-refractivity contribution in [2.75, 3.05) is 7.11 Å². The maximum absolute atomic E-state index is 11.4. The molecule has 0 radical (unpaired) electrons. The number of ketones is 1. The number of rotatable bonds is 3. The Morgan fingerprint density at radius 2 is 2.12 bits per heavy atom. The van der Waals surface area contributed by atoms with Crippen LogP contribution in [0.25, 0.3) is 10.9 Å². The van der Waals surface area contributed by atoms with Crippen molar-refractivity contribution in [2.24, 2.45) is 0 Å². The molecule has 0 saturated heterocycles. The Morgan fingerprint density at radius 3 is 2.88 bits per heavy atom. The van der Waals surface area contributed by atoms with Crippen LogP contribution in [0.1, 0.15) is 5.56 Å². The van der Waals surface area contributed by atoms with Crippen LogP contribution in [0.3, 0.4) is 0 Å². The van der Waals surface area contributed by atoms with E-state index in [1.165, 1.54) is 7.11 Å². The van der Waals surface area contributed by atoms with Gasteiger partial charge in [0.05, 0.1) is 12.6 Å². The highest BCUT2D eigenvalue weighted by molar-refractivity contribution is 6.34. The largest absolute Gasteiger partial charge is 0.463 e. The molecule has 1 aromatic heterocycles. The molecule has 0 amide bonds. The molecular weight excluding hydrogens is 218 g/mol. The van der Waals surface area contributed by atoms with Gasteiger partial charge in [0.15, 0.2) is 0 Å². The quantitative estimate of drug-likeness (QED) is 0.591. The molecule has 0 bridgehead atoms. The lowest BCUT2D eigenvalue weighted by molar-refractivity contribution is -0.151. The number of carbonyl (C=O) groups is 2. The van der Waals surface area contributed by atoms with Gasteiger partial charge < -0.3 is 4.74 Å². The van der Waals surface area contributed by atoms with E-state index in [4.69, 9.17) is 0 Å². The standard InChI is InChI=1S/C13H11NO3/c1-17-13(16)12(15)8-9-4-5-11-10(7-9)3-2-6-14-11/h2-7H,8H2,1H3. The first-order valence-corrected chi connectivity index (χ1v) is 5.15. The topological polar surface area (TPSA) is 56.3 Å². The average molecular weight is 229 g/mol. The van der Waals surface area contributed by atoms with E-state index in [1.54, 1.807) is 12.3 Å². The van der Waals surface area contributed by atoms with Crippen molar-refractivity contribution in [1.82, 2.24) is 4.98 Å². The molecule has 1 aromatic carbocycles. The molecule has 0 fully saturated rings. The molecular formula is C13H11NO3. The van der Waals surface area contributed by atoms with Gasteiger partial charge in [-0.15, -0.1) is 0 Å². The molecule has 0 aliphatic heterocycles. The van der Waals surface area contributed by atoms with E-state index in [0.29, 0.717) is 0 Å². The number of carbonyl (C=O) groups excluding carboxylic acids is 2. The third-order valence-electron chi connectivity index (χ3n) is 2.45. The summed E-state index contributed by atoms with van der Waals surface area (Å²) in [5, 5.41) is 0.947. The Balaban J connectivity index is 2.25. The first-order chi connectivity index (χ1) is 8.20. The first-order valence-electron chi connectivity index (χ1n) is 5.15. The highest BCUT2D eigenvalue weighted by Crippen LogP contribution is 2.13. The maximum Gasteiger partial charge on any atom is 0.374 e. The van der Waals surface area contributed by atoms with E-state index < -0.39 is 11.8 Å². The minimum absolute atomic E-state index is 0.0531. The Bertz CT molecular complexity index is 578. The third kappa shape index (κ3) is 2.47. The molecule has 4 nitrogen and oxygen atoms in total. The summed E-state index contributed by atoms with van der Waals surface area (Å²) in [5.41, 5.74) is 1.64. The third-order valence-corrected chi connectivity index (χ3v) is 2.45. The summed E-state index contributed by atoms with van der Waals surface area (Å²) < 4.78 is 4.37. The van der Waals surface area contributed by atoms with Crippen LogP contribution in [-0.2, 0) is 20.7 Å². The lowest BCUT2D eigenvalue weighted by Crippen LogP contribution is -2.17. The van der Waals surface area contributed by atoms with Gasteiger partial charge >= 0.3 is 5.97 Å². The van der Waals surface area contributed by atoms with E-state index >= 15 is 0 Å². The average Bonchev–Trinajstić information content (AvgIpc) is 2.37. The summed E-state index contributed by atoms with van der Waals surface area (Å²) >= 11 is 0. The molecule has 0 aliphatic rings. The monoisotopic (exact) mass is 229 g/mol. The van der Waals surface area contributed by atoms with Crippen molar-refractivity contribution in [3.63, 3.8) is 0 Å². The number of ether oxygens (including phenoxy) is 1. The number of methoxy groups -OCH3 is 1. The van der Waals surface area contributed by atoms with Crippen LogP contribution in [0.4, 0.5) is 0 Å². The predicted octanol–water partition coefficient (Wildman–Crippen LogP) is 1.52. The Hall–Kier alpha value is -2.23. The van der Waals surface area contributed by atoms with E-state index in [0.717, 1.165) is 16.5 Å². The summed E-state index contributed by atoms with van der Waals surface area (Å²) in [5.74, 6) is -1.35. The van der Waals surface area contributed by atoms with Crippen LogP contribution < -0.4 is 0 Å². The second kappa shape index (κ2) is 4.74. The fourth-order valence-corrected chi connectivity index (χ4v) is 1.61. The number of esters is 1. The number of Topliss-reactive ketones (excluding diaryl/α,β-unsaturated/α-hetero) is 1. The van der Waals surface area contributed by atoms with Crippen LogP contribution in [-0.4, -0.2) is 23.8 Å². The van der Waals surface area contributed by atoms with Gasteiger partial charge in [-0.3, -0.25) is 9.78 Å². The van der Waals surface area contributed by atoms with Gasteiger partial charge in [0, 0.05) is 18.0 Å². The lowest BCUT2D eigenvalue weighted by atomic mass is 10.1. The number of nitrogens with zero attached hydrogens (tertiary/aromatic N) is 1. The van der Waals surface area contributed by atoms with Gasteiger partial charge in [0.25, 0.3) is 0 Å². The smallest absolute Gasteiger partial charge is 0.374 e. The van der Waals surface area contributed by atoms with Gasteiger partial charge in [-0.1, -0.05) is 12.1 Å². The predicted molar refractivity (Wildman–Crippen MR) is 62.5 cm³/mol. The molecule has 0 spiro atoms. The number of hydrogen-bond donors (Lipinski definition) is 0. The Kier molecular flexibility index (Phi) is 3.14. The van der Waals surface area contributed by atoms with Crippen LogP contribution in [0, 0.1) is 0 Å². The molecule has 17 heavy (non-hydrogen) atoms. The molecule has 1 heterocycles. The van der Waals surface area contributed by atoms with Crippen molar-refractivity contribution in [3.05, 3.63) is 42.1 Å². The fraction of sp³-hybridized carbons (Fsp3) is 0.154. The molecule has 0 unspecified atom stereocenters. The zero-order valence-corrected chi connectivity index (χ0v) is 9.34. The summed E-state index contributed by atoms with van der Waals surface area (Å²) in [6, 6.07) is 9.21. The van der Waals surface area contributed by atoms with Crippen molar-refractivity contribution < 1.29 is 14.3 Å². The van der Waals surface area contributed by atoms with Crippen LogP contribution in [0.5, 0.6) is 0 Å². The highest BCUT2D eigenvalue weighted by atomic mass is 16.5. The molecule has 0 atom stereocenters. The summed E-state index contributed by atoms with van der Waals surface area (Å²) in [6.07, 6.45) is 1.76. The number of aromatic nitrogens is 1. The van der Waals surface area contributed by atoms with Crippen molar-refractivity contribution in [1.29, 1.82) is 0 Å². The Labute approximate surface area is 98.2 Å². The fourth-order valence-electron chi connectivity index (χ4n) is 1.61. The SMILES string of the molecule is COC(=O)C(=O)Cc1ccc2ncccc2c1. The van der Waals surface area contributed by atoms with Gasteiger partial charge in [-0.05, 0) is 23.8 Å².